The molecule has 0 spiro atoms. The van der Waals surface area contributed by atoms with E-state index in [1.165, 1.54) is 17.1 Å². The summed E-state index contributed by atoms with van der Waals surface area (Å²) in [5.74, 6) is -4.76. The van der Waals surface area contributed by atoms with Crippen LogP contribution < -0.4 is 15.5 Å². The lowest BCUT2D eigenvalue weighted by Crippen LogP contribution is -2.70. The van der Waals surface area contributed by atoms with Crippen LogP contribution in [-0.2, 0) is 36.2 Å². The molecule has 4 aromatic rings. The van der Waals surface area contributed by atoms with Crippen LogP contribution in [0.5, 0.6) is 11.5 Å². The van der Waals surface area contributed by atoms with E-state index in [1.807, 2.05) is 27.6 Å². The molecule has 48 heavy (non-hydrogen) atoms. The number of rotatable bonds is 11. The van der Waals surface area contributed by atoms with Gasteiger partial charge in [0.2, 0.25) is 0 Å². The third-order valence-corrected chi connectivity index (χ3v) is 9.44. The van der Waals surface area contributed by atoms with Crippen LogP contribution in [0.3, 0.4) is 0 Å². The molecule has 3 aromatic heterocycles. The fourth-order valence-corrected chi connectivity index (χ4v) is 7.13. The molecular weight excluding hydrogens is 669 g/mol. The number of aliphatic carboxylic acids is 2. The number of oxime groups is 1. The summed E-state index contributed by atoms with van der Waals surface area (Å²) in [7, 11) is 0. The van der Waals surface area contributed by atoms with Gasteiger partial charge in [0.1, 0.15) is 41.4 Å². The highest BCUT2D eigenvalue weighted by Crippen LogP contribution is 2.41. The van der Waals surface area contributed by atoms with E-state index < -0.39 is 52.3 Å². The number of hydrogen-bond acceptors (Lipinski definition) is 13. The van der Waals surface area contributed by atoms with Crippen LogP contribution in [-0.4, -0.2) is 87.0 Å². The number of allylic oxidation sites excluding steroid dienone is 2. The summed E-state index contributed by atoms with van der Waals surface area (Å²) >= 11 is 2.16. The fraction of sp³-hybridized carbons (Fsp3) is 0.172. The summed E-state index contributed by atoms with van der Waals surface area (Å²) in [6, 6.07) is 3.83. The average Bonchev–Trinajstić information content (AvgIpc) is 3.69. The predicted molar refractivity (Wildman–Crippen MR) is 169 cm³/mol. The molecule has 3 atom stereocenters. The van der Waals surface area contributed by atoms with Gasteiger partial charge in [-0.25, -0.2) is 23.5 Å². The van der Waals surface area contributed by atoms with E-state index in [0.29, 0.717) is 24.1 Å². The minimum Gasteiger partial charge on any atom is -0.504 e. The highest BCUT2D eigenvalue weighted by molar-refractivity contribution is 8.00. The number of nitrogens with one attached hydrogen (secondary N) is 1. The lowest BCUT2D eigenvalue weighted by atomic mass is 9.90. The summed E-state index contributed by atoms with van der Waals surface area (Å²) in [6.45, 7) is 0.402. The molecule has 1 saturated heterocycles. The Balaban J connectivity index is 1.16. The summed E-state index contributed by atoms with van der Waals surface area (Å²) in [4.78, 5) is 65.5. The number of amides is 2. The average molecular weight is 694 g/mol. The highest BCUT2D eigenvalue weighted by Gasteiger charge is 2.54. The van der Waals surface area contributed by atoms with Crippen molar-refractivity contribution in [1.29, 1.82) is 0 Å². The quantitative estimate of drug-likeness (QED) is 0.0410. The molecule has 0 saturated carbocycles. The number of aromatic nitrogens is 4. The third-order valence-electron chi connectivity index (χ3n) is 7.46. The zero-order valence-electron chi connectivity index (χ0n) is 24.4. The predicted octanol–water partition coefficient (Wildman–Crippen LogP) is 0.397. The molecule has 6 rings (SSSR count). The van der Waals surface area contributed by atoms with Crippen LogP contribution >= 0.6 is 23.1 Å². The number of hydrogen-bond donors (Lipinski definition) is 6. The first-order chi connectivity index (χ1) is 23.0. The second-order valence-electron chi connectivity index (χ2n) is 10.3. The summed E-state index contributed by atoms with van der Waals surface area (Å²) in [5, 5.41) is 46.5. The van der Waals surface area contributed by atoms with E-state index >= 15 is 0 Å². The largest absolute Gasteiger partial charge is 0.504 e. The van der Waals surface area contributed by atoms with Crippen molar-refractivity contribution in [2.45, 2.75) is 23.6 Å². The van der Waals surface area contributed by atoms with Gasteiger partial charge < -0.3 is 36.3 Å². The maximum atomic E-state index is 13.1. The second-order valence-corrected chi connectivity index (χ2v) is 12.3. The van der Waals surface area contributed by atoms with Gasteiger partial charge in [0, 0.05) is 22.8 Å². The highest BCUT2D eigenvalue weighted by atomic mass is 32.2. The van der Waals surface area contributed by atoms with E-state index in [-0.39, 0.29) is 27.8 Å². The van der Waals surface area contributed by atoms with Crippen molar-refractivity contribution in [3.8, 4) is 11.5 Å². The number of carboxylic acid groups (broad SMARTS) is 2. The number of phenolic OH excluding ortho intramolecular Hbond substituents is 2. The Hall–Kier alpha value is -5.95. The van der Waals surface area contributed by atoms with Crippen LogP contribution in [0.4, 0.5) is 5.13 Å². The molecule has 246 valence electrons. The number of carbonyl (C=O) groups excluding carboxylic acids is 2. The standard InChI is InChI=1S/C29H24N8O9S2/c30-27-33-19(14-48-27)29(26(44)45,16-4-5-17(38)18(39)11-16)46-32-12-20(40)34-21-23(41)37-22(25(42)43)15(13-47-24(21)37)3-1-7-35-9-10-36-8-2-6-31-28(35)36/h1-6,8-12,14,21,24H,7,13H2,(H6-,30,32,33,34,38,39,40,42,43,44,45)/p+1. The Labute approximate surface area is 277 Å². The number of β-lactam (4-membered cyclic amide) rings is 1. The number of thioether (sulfide) groups is 1. The number of imidazole rings is 1. The van der Waals surface area contributed by atoms with Gasteiger partial charge >= 0.3 is 23.3 Å². The molecule has 0 bridgehead atoms. The summed E-state index contributed by atoms with van der Waals surface area (Å²) in [5.41, 5.74) is 3.01. The normalized spacial score (nSPS) is 18.9. The van der Waals surface area contributed by atoms with Crippen molar-refractivity contribution in [2.75, 3.05) is 11.5 Å². The van der Waals surface area contributed by atoms with Crippen molar-refractivity contribution < 1.29 is 48.8 Å². The van der Waals surface area contributed by atoms with Gasteiger partial charge in [-0.1, -0.05) is 22.3 Å². The van der Waals surface area contributed by atoms with E-state index in [4.69, 9.17) is 10.6 Å². The topological polar surface area (TPSA) is 247 Å². The molecule has 0 aliphatic carbocycles. The summed E-state index contributed by atoms with van der Waals surface area (Å²) < 4.78 is 3.70. The Morgan fingerprint density at radius 1 is 1.23 bits per heavy atom. The molecule has 0 radical (unpaired) electrons. The second kappa shape index (κ2) is 12.7. The van der Waals surface area contributed by atoms with E-state index in [9.17, 15) is 39.6 Å². The Bertz CT molecular complexity index is 2060. The Kier molecular flexibility index (Phi) is 8.46. The zero-order chi connectivity index (χ0) is 34.2. The minimum atomic E-state index is -2.49. The first-order valence-electron chi connectivity index (χ1n) is 13.9. The van der Waals surface area contributed by atoms with Gasteiger partial charge in [0.25, 0.3) is 11.8 Å². The lowest BCUT2D eigenvalue weighted by molar-refractivity contribution is -0.513. The number of nitrogens with two attached hydrogens (primary N) is 1. The molecule has 2 aliphatic heterocycles. The van der Waals surface area contributed by atoms with Gasteiger partial charge in [0.05, 0.1) is 18.9 Å². The molecule has 2 aliphatic rings. The van der Waals surface area contributed by atoms with Gasteiger partial charge in [0.15, 0.2) is 16.6 Å². The van der Waals surface area contributed by atoms with Crippen molar-refractivity contribution in [2.24, 2.45) is 5.16 Å². The molecule has 2 amide bonds. The molecular formula is C29H25N8O9S2+. The van der Waals surface area contributed by atoms with Crippen LogP contribution in [0.2, 0.25) is 0 Å². The van der Waals surface area contributed by atoms with Gasteiger partial charge in [-0.05, 0) is 23.8 Å². The first kappa shape index (κ1) is 32.0. The van der Waals surface area contributed by atoms with E-state index in [2.05, 4.69) is 20.4 Å². The zero-order valence-corrected chi connectivity index (χ0v) is 26.0. The maximum absolute atomic E-state index is 13.1. The van der Waals surface area contributed by atoms with Crippen LogP contribution in [0, 0.1) is 0 Å². The number of aromatic hydroxyl groups is 2. The van der Waals surface area contributed by atoms with Crippen molar-refractivity contribution >= 4 is 64.0 Å². The SMILES string of the molecule is Nc1nc(C(ON=CC(=O)NC2C(=O)N3C(C(=O)O)=C(C=CCn4cc[n+]5cccnc45)CSC23)(C(=O)O)c2ccc(O)c(O)c2)cs1. The van der Waals surface area contributed by atoms with E-state index in [1.54, 1.807) is 24.4 Å². The summed E-state index contributed by atoms with van der Waals surface area (Å²) in [6.07, 6.45) is 11.2. The van der Waals surface area contributed by atoms with Crippen LogP contribution in [0.25, 0.3) is 5.78 Å². The van der Waals surface area contributed by atoms with Crippen LogP contribution in [0.15, 0.2) is 83.0 Å². The first-order valence-corrected chi connectivity index (χ1v) is 15.8. The van der Waals surface area contributed by atoms with Gasteiger partial charge in [-0.2, -0.15) is 0 Å². The van der Waals surface area contributed by atoms with Gasteiger partial charge in [-0.15, -0.1) is 23.1 Å². The molecule has 3 unspecified atom stereocenters. The number of phenols is 2. The number of fused-ring (bicyclic) bond motifs is 2. The van der Waals surface area contributed by atoms with Crippen molar-refractivity contribution in [3.63, 3.8) is 0 Å². The van der Waals surface area contributed by atoms with Crippen LogP contribution in [0.1, 0.15) is 11.3 Å². The molecule has 5 heterocycles. The van der Waals surface area contributed by atoms with Gasteiger partial charge in [-0.3, -0.25) is 14.5 Å². The molecule has 17 nitrogen and oxygen atoms in total. The number of nitrogen functional groups attached to an aromatic ring is 1. The number of thiazole rings is 1. The van der Waals surface area contributed by atoms with Crippen molar-refractivity contribution in [1.82, 2.24) is 24.8 Å². The monoisotopic (exact) mass is 693 g/mol. The minimum absolute atomic E-state index is 0.00123. The molecule has 1 fully saturated rings. The number of benzene rings is 1. The smallest absolute Gasteiger partial charge is 0.403 e. The molecule has 19 heteroatoms. The Morgan fingerprint density at radius 3 is 2.75 bits per heavy atom. The number of nitrogens with zero attached hydrogens (tertiary/aromatic N) is 6. The third kappa shape index (κ3) is 5.64. The number of carbonyl (C=O) groups is 4. The van der Waals surface area contributed by atoms with Crippen molar-refractivity contribution in [3.05, 3.63) is 89.1 Å². The number of anilines is 1. The fourth-order valence-electron chi connectivity index (χ4n) is 5.21. The number of carboxylic acids is 2. The lowest BCUT2D eigenvalue weighted by Gasteiger charge is -2.49. The molecule has 1 aromatic carbocycles. The maximum Gasteiger partial charge on any atom is 0.403 e. The van der Waals surface area contributed by atoms with E-state index in [0.717, 1.165) is 34.4 Å². The Morgan fingerprint density at radius 2 is 2.04 bits per heavy atom. The molecule has 7 N–H and O–H groups in total.